The first-order valence-electron chi connectivity index (χ1n) is 6.75. The van der Waals surface area contributed by atoms with Gasteiger partial charge >= 0.3 is 0 Å². The number of para-hydroxylation sites is 1. The maximum absolute atomic E-state index is 12.6. The van der Waals surface area contributed by atoms with Crippen LogP contribution in [0.1, 0.15) is 24.6 Å². The molecule has 4 nitrogen and oxygen atoms in total. The summed E-state index contributed by atoms with van der Waals surface area (Å²) in [5.41, 5.74) is 8.66. The summed E-state index contributed by atoms with van der Waals surface area (Å²) in [4.78, 5) is 18.7. The van der Waals surface area contributed by atoms with Crippen LogP contribution in [0.3, 0.4) is 0 Å². The molecule has 1 aliphatic rings. The first-order valence-corrected chi connectivity index (χ1v) is 7.63. The SMILES string of the molecule is CC1CCc2ccccc2N1C(=O)Cc1csc(N)n1. The van der Waals surface area contributed by atoms with Crippen molar-refractivity contribution in [1.82, 2.24) is 4.98 Å². The molecule has 0 saturated heterocycles. The lowest BCUT2D eigenvalue weighted by molar-refractivity contribution is -0.118. The first-order chi connectivity index (χ1) is 9.65. The molecule has 104 valence electrons. The number of aryl methyl sites for hydroxylation is 1. The van der Waals surface area contributed by atoms with Crippen LogP contribution >= 0.6 is 11.3 Å². The lowest BCUT2D eigenvalue weighted by atomic mass is 9.96. The van der Waals surface area contributed by atoms with Crippen LogP contribution in [0, 0.1) is 0 Å². The number of anilines is 2. The molecule has 20 heavy (non-hydrogen) atoms. The van der Waals surface area contributed by atoms with E-state index in [0.29, 0.717) is 11.6 Å². The fourth-order valence-electron chi connectivity index (χ4n) is 2.71. The number of nitrogens with two attached hydrogens (primary N) is 1. The maximum atomic E-state index is 12.6. The van der Waals surface area contributed by atoms with E-state index < -0.39 is 0 Å². The summed E-state index contributed by atoms with van der Waals surface area (Å²) in [6.07, 6.45) is 2.35. The van der Waals surface area contributed by atoms with Crippen molar-refractivity contribution in [2.24, 2.45) is 0 Å². The van der Waals surface area contributed by atoms with Crippen LogP contribution in [0.25, 0.3) is 0 Å². The van der Waals surface area contributed by atoms with Gasteiger partial charge in [-0.1, -0.05) is 18.2 Å². The number of aromatic nitrogens is 1. The molecule has 1 atom stereocenters. The average molecular weight is 287 g/mol. The van der Waals surface area contributed by atoms with E-state index in [0.717, 1.165) is 24.2 Å². The van der Waals surface area contributed by atoms with E-state index in [2.05, 4.69) is 18.0 Å². The highest BCUT2D eigenvalue weighted by Gasteiger charge is 2.28. The van der Waals surface area contributed by atoms with E-state index >= 15 is 0 Å². The quantitative estimate of drug-likeness (QED) is 0.923. The fraction of sp³-hybridized carbons (Fsp3) is 0.333. The Balaban J connectivity index is 1.87. The van der Waals surface area contributed by atoms with Gasteiger partial charge in [-0.15, -0.1) is 11.3 Å². The van der Waals surface area contributed by atoms with Gasteiger partial charge in [-0.25, -0.2) is 4.98 Å². The number of nitrogens with zero attached hydrogens (tertiary/aromatic N) is 2. The second kappa shape index (κ2) is 5.25. The summed E-state index contributed by atoms with van der Waals surface area (Å²) in [6.45, 7) is 2.10. The molecule has 2 heterocycles. The van der Waals surface area contributed by atoms with Gasteiger partial charge in [-0.05, 0) is 31.4 Å². The van der Waals surface area contributed by atoms with Gasteiger partial charge in [0.2, 0.25) is 5.91 Å². The molecule has 0 spiro atoms. The molecule has 0 fully saturated rings. The zero-order valence-corrected chi connectivity index (χ0v) is 12.2. The molecule has 0 saturated carbocycles. The van der Waals surface area contributed by atoms with E-state index in [1.54, 1.807) is 0 Å². The topological polar surface area (TPSA) is 59.2 Å². The summed E-state index contributed by atoms with van der Waals surface area (Å²) in [5, 5.41) is 2.37. The zero-order valence-electron chi connectivity index (χ0n) is 11.4. The molecule has 2 N–H and O–H groups in total. The van der Waals surface area contributed by atoms with Crippen molar-refractivity contribution < 1.29 is 4.79 Å². The minimum Gasteiger partial charge on any atom is -0.375 e. The van der Waals surface area contributed by atoms with E-state index in [1.165, 1.54) is 16.9 Å². The molecule has 0 bridgehead atoms. The Kier molecular flexibility index (Phi) is 3.44. The van der Waals surface area contributed by atoms with Gasteiger partial charge in [0.1, 0.15) is 0 Å². The van der Waals surface area contributed by atoms with Crippen molar-refractivity contribution in [3.8, 4) is 0 Å². The number of rotatable bonds is 2. The van der Waals surface area contributed by atoms with Gasteiger partial charge in [-0.3, -0.25) is 4.79 Å². The standard InChI is InChI=1S/C15H17N3OS/c1-10-6-7-11-4-2-3-5-13(11)18(10)14(19)8-12-9-20-15(16)17-12/h2-5,9-10H,6-8H2,1H3,(H2,16,17). The summed E-state index contributed by atoms with van der Waals surface area (Å²) in [6, 6.07) is 8.37. The summed E-state index contributed by atoms with van der Waals surface area (Å²) >= 11 is 1.38. The minimum atomic E-state index is 0.0925. The van der Waals surface area contributed by atoms with Crippen molar-refractivity contribution in [2.75, 3.05) is 10.6 Å². The van der Waals surface area contributed by atoms with Gasteiger partial charge in [-0.2, -0.15) is 0 Å². The molecule has 5 heteroatoms. The van der Waals surface area contributed by atoms with E-state index in [9.17, 15) is 4.79 Å². The van der Waals surface area contributed by atoms with Gasteiger partial charge in [0.15, 0.2) is 5.13 Å². The number of fused-ring (bicyclic) bond motifs is 1. The van der Waals surface area contributed by atoms with Gasteiger partial charge in [0.25, 0.3) is 0 Å². The Morgan fingerprint density at radius 1 is 1.50 bits per heavy atom. The minimum absolute atomic E-state index is 0.0925. The Bertz CT molecular complexity index is 638. The van der Waals surface area contributed by atoms with Crippen molar-refractivity contribution >= 4 is 28.1 Å². The molecule has 1 aromatic carbocycles. The number of nitrogen functional groups attached to an aromatic ring is 1. The smallest absolute Gasteiger partial charge is 0.233 e. The van der Waals surface area contributed by atoms with Crippen LogP contribution in [-0.2, 0) is 17.6 Å². The molecule has 0 aliphatic carbocycles. The molecular weight excluding hydrogens is 270 g/mol. The number of thiazole rings is 1. The van der Waals surface area contributed by atoms with Crippen LogP contribution in [0.4, 0.5) is 10.8 Å². The van der Waals surface area contributed by atoms with E-state index in [4.69, 9.17) is 5.73 Å². The normalized spacial score (nSPS) is 17.9. The molecule has 1 unspecified atom stereocenters. The Morgan fingerprint density at radius 2 is 2.30 bits per heavy atom. The predicted molar refractivity (Wildman–Crippen MR) is 81.9 cm³/mol. The van der Waals surface area contributed by atoms with Crippen LogP contribution in [-0.4, -0.2) is 16.9 Å². The highest BCUT2D eigenvalue weighted by Crippen LogP contribution is 2.31. The number of amides is 1. The number of benzene rings is 1. The van der Waals surface area contributed by atoms with E-state index in [1.807, 2.05) is 28.5 Å². The third kappa shape index (κ3) is 2.41. The number of carbonyl (C=O) groups excluding carboxylic acids is 1. The van der Waals surface area contributed by atoms with Gasteiger partial charge < -0.3 is 10.6 Å². The van der Waals surface area contributed by atoms with Crippen molar-refractivity contribution in [3.63, 3.8) is 0 Å². The summed E-state index contributed by atoms with van der Waals surface area (Å²) < 4.78 is 0. The van der Waals surface area contributed by atoms with E-state index in [-0.39, 0.29) is 11.9 Å². The third-order valence-corrected chi connectivity index (χ3v) is 4.42. The summed E-state index contributed by atoms with van der Waals surface area (Å²) in [5.74, 6) is 0.0925. The second-order valence-corrected chi connectivity index (χ2v) is 6.02. The second-order valence-electron chi connectivity index (χ2n) is 5.13. The number of carbonyl (C=O) groups is 1. The maximum Gasteiger partial charge on any atom is 0.233 e. The molecule has 3 rings (SSSR count). The van der Waals surface area contributed by atoms with Crippen LogP contribution in [0.2, 0.25) is 0 Å². The average Bonchev–Trinajstić information content (AvgIpc) is 2.83. The summed E-state index contributed by atoms with van der Waals surface area (Å²) in [7, 11) is 0. The Morgan fingerprint density at radius 3 is 3.05 bits per heavy atom. The molecular formula is C15H17N3OS. The fourth-order valence-corrected chi connectivity index (χ4v) is 3.28. The van der Waals surface area contributed by atoms with Crippen LogP contribution in [0.15, 0.2) is 29.6 Å². The number of hydrogen-bond acceptors (Lipinski definition) is 4. The highest BCUT2D eigenvalue weighted by atomic mass is 32.1. The van der Waals surface area contributed by atoms with Crippen LogP contribution in [0.5, 0.6) is 0 Å². The van der Waals surface area contributed by atoms with Crippen molar-refractivity contribution in [2.45, 2.75) is 32.2 Å². The Hall–Kier alpha value is -1.88. The predicted octanol–water partition coefficient (Wildman–Crippen LogP) is 2.64. The van der Waals surface area contributed by atoms with Crippen LogP contribution < -0.4 is 10.6 Å². The number of hydrogen-bond donors (Lipinski definition) is 1. The lowest BCUT2D eigenvalue weighted by Crippen LogP contribution is -2.43. The Labute approximate surface area is 122 Å². The van der Waals surface area contributed by atoms with Crippen molar-refractivity contribution in [1.29, 1.82) is 0 Å². The molecule has 1 aromatic heterocycles. The lowest BCUT2D eigenvalue weighted by Gasteiger charge is -2.35. The molecule has 2 aromatic rings. The zero-order chi connectivity index (χ0) is 14.1. The molecule has 1 aliphatic heterocycles. The molecule has 1 amide bonds. The molecule has 0 radical (unpaired) electrons. The first kappa shape index (κ1) is 13.1. The monoisotopic (exact) mass is 287 g/mol. The third-order valence-electron chi connectivity index (χ3n) is 3.69. The van der Waals surface area contributed by atoms with Gasteiger partial charge in [0, 0.05) is 17.1 Å². The van der Waals surface area contributed by atoms with Crippen molar-refractivity contribution in [3.05, 3.63) is 40.9 Å². The largest absolute Gasteiger partial charge is 0.375 e. The highest BCUT2D eigenvalue weighted by molar-refractivity contribution is 7.13. The van der Waals surface area contributed by atoms with Gasteiger partial charge in [0.05, 0.1) is 12.1 Å².